The molecule has 1 amide bonds. The minimum atomic E-state index is -0.159. The van der Waals surface area contributed by atoms with Crippen molar-refractivity contribution in [3.05, 3.63) is 89.8 Å². The van der Waals surface area contributed by atoms with E-state index in [1.54, 1.807) is 24.3 Å². The van der Waals surface area contributed by atoms with Crippen LogP contribution in [0.1, 0.15) is 35.7 Å². The highest BCUT2D eigenvalue weighted by Crippen LogP contribution is 2.19. The normalized spacial score (nSPS) is 11.0. The van der Waals surface area contributed by atoms with Gasteiger partial charge in [0.2, 0.25) is 0 Å². The standard InChI is InChI=1S/C24H22N2O3/c1-16(2)28-20-13-9-18(10-14-20)24(27)25-19-11-7-17(8-12-19)15-23-26-21-5-3-4-6-22(21)29-23/h3-14,16H,15H2,1-2H3,(H,25,27). The highest BCUT2D eigenvalue weighted by atomic mass is 16.5. The lowest BCUT2D eigenvalue weighted by atomic mass is 10.1. The summed E-state index contributed by atoms with van der Waals surface area (Å²) >= 11 is 0. The molecule has 0 saturated heterocycles. The van der Waals surface area contributed by atoms with Gasteiger partial charge in [0.25, 0.3) is 5.91 Å². The van der Waals surface area contributed by atoms with Crippen molar-refractivity contribution in [3.8, 4) is 5.75 Å². The van der Waals surface area contributed by atoms with Gasteiger partial charge >= 0.3 is 0 Å². The Morgan fingerprint density at radius 2 is 1.72 bits per heavy atom. The van der Waals surface area contributed by atoms with Gasteiger partial charge in [-0.05, 0) is 67.9 Å². The van der Waals surface area contributed by atoms with Crippen LogP contribution in [-0.2, 0) is 6.42 Å². The molecule has 0 unspecified atom stereocenters. The molecule has 0 aliphatic carbocycles. The van der Waals surface area contributed by atoms with E-state index in [4.69, 9.17) is 9.15 Å². The van der Waals surface area contributed by atoms with Crippen molar-refractivity contribution in [1.29, 1.82) is 0 Å². The number of nitrogens with zero attached hydrogens (tertiary/aromatic N) is 1. The Morgan fingerprint density at radius 1 is 1.00 bits per heavy atom. The number of nitrogens with one attached hydrogen (secondary N) is 1. The fourth-order valence-electron chi connectivity index (χ4n) is 3.04. The molecule has 0 atom stereocenters. The molecule has 0 bridgehead atoms. The number of hydrogen-bond acceptors (Lipinski definition) is 4. The fourth-order valence-corrected chi connectivity index (χ4v) is 3.04. The average molecular weight is 386 g/mol. The van der Waals surface area contributed by atoms with Crippen LogP contribution < -0.4 is 10.1 Å². The van der Waals surface area contributed by atoms with Crippen LogP contribution in [-0.4, -0.2) is 17.0 Å². The number of fused-ring (bicyclic) bond motifs is 1. The van der Waals surface area contributed by atoms with Gasteiger partial charge in [-0.25, -0.2) is 4.98 Å². The van der Waals surface area contributed by atoms with Gasteiger partial charge in [-0.15, -0.1) is 0 Å². The molecule has 5 heteroatoms. The highest BCUT2D eigenvalue weighted by Gasteiger charge is 2.09. The molecule has 29 heavy (non-hydrogen) atoms. The number of carbonyl (C=O) groups excluding carboxylic acids is 1. The van der Waals surface area contributed by atoms with Gasteiger partial charge in [0.05, 0.1) is 6.10 Å². The minimum absolute atomic E-state index is 0.1000. The van der Waals surface area contributed by atoms with Gasteiger partial charge in [-0.3, -0.25) is 4.79 Å². The number of rotatable bonds is 6. The molecule has 0 fully saturated rings. The van der Waals surface area contributed by atoms with Gasteiger partial charge in [0.1, 0.15) is 11.3 Å². The second-order valence-electron chi connectivity index (χ2n) is 7.09. The molecule has 3 aromatic carbocycles. The summed E-state index contributed by atoms with van der Waals surface area (Å²) in [6, 6.07) is 22.5. The molecular formula is C24H22N2O3. The first-order valence-electron chi connectivity index (χ1n) is 9.58. The number of hydrogen-bond donors (Lipinski definition) is 1. The number of anilines is 1. The second-order valence-corrected chi connectivity index (χ2v) is 7.09. The van der Waals surface area contributed by atoms with Crippen molar-refractivity contribution in [2.45, 2.75) is 26.4 Å². The van der Waals surface area contributed by atoms with Crippen molar-refractivity contribution < 1.29 is 13.9 Å². The average Bonchev–Trinajstić information content (AvgIpc) is 3.12. The van der Waals surface area contributed by atoms with Crippen LogP contribution in [0.2, 0.25) is 0 Å². The second kappa shape index (κ2) is 8.19. The third-order valence-electron chi connectivity index (χ3n) is 4.39. The number of oxazole rings is 1. The summed E-state index contributed by atoms with van der Waals surface area (Å²) in [5, 5.41) is 2.91. The van der Waals surface area contributed by atoms with Crippen LogP contribution in [0.25, 0.3) is 11.1 Å². The number of benzene rings is 3. The predicted octanol–water partition coefficient (Wildman–Crippen LogP) is 5.46. The van der Waals surface area contributed by atoms with Crippen LogP contribution in [0.3, 0.4) is 0 Å². The van der Waals surface area contributed by atoms with E-state index < -0.39 is 0 Å². The third kappa shape index (κ3) is 4.63. The van der Waals surface area contributed by atoms with Crippen molar-refractivity contribution in [3.63, 3.8) is 0 Å². The quantitative estimate of drug-likeness (QED) is 0.478. The molecule has 0 aliphatic heterocycles. The zero-order chi connectivity index (χ0) is 20.2. The summed E-state index contributed by atoms with van der Waals surface area (Å²) in [5.74, 6) is 1.26. The molecule has 146 valence electrons. The van der Waals surface area contributed by atoms with Gasteiger partial charge in [-0.2, -0.15) is 0 Å². The summed E-state index contributed by atoms with van der Waals surface area (Å²) in [6.07, 6.45) is 0.697. The SMILES string of the molecule is CC(C)Oc1ccc(C(=O)Nc2ccc(Cc3nc4ccccc4o3)cc2)cc1. The smallest absolute Gasteiger partial charge is 0.255 e. The summed E-state index contributed by atoms with van der Waals surface area (Å²) in [6.45, 7) is 3.93. The van der Waals surface area contributed by atoms with Gasteiger partial charge in [0, 0.05) is 17.7 Å². The molecule has 4 rings (SSSR count). The Balaban J connectivity index is 1.39. The lowest BCUT2D eigenvalue weighted by Gasteiger charge is -2.10. The fraction of sp³-hybridized carbons (Fsp3) is 0.167. The first kappa shape index (κ1) is 18.7. The van der Waals surface area contributed by atoms with E-state index in [0.29, 0.717) is 17.9 Å². The van der Waals surface area contributed by atoms with Crippen LogP contribution in [0.5, 0.6) is 5.75 Å². The molecule has 1 heterocycles. The third-order valence-corrected chi connectivity index (χ3v) is 4.39. The summed E-state index contributed by atoms with van der Waals surface area (Å²) in [4.78, 5) is 16.9. The molecular weight excluding hydrogens is 364 g/mol. The monoisotopic (exact) mass is 386 g/mol. The van der Waals surface area contributed by atoms with Crippen LogP contribution in [0.4, 0.5) is 5.69 Å². The molecule has 4 aromatic rings. The Hall–Kier alpha value is -3.60. The molecule has 0 saturated carbocycles. The van der Waals surface area contributed by atoms with Crippen LogP contribution >= 0.6 is 0 Å². The van der Waals surface area contributed by atoms with E-state index >= 15 is 0 Å². The first-order chi connectivity index (χ1) is 14.1. The van der Waals surface area contributed by atoms with Crippen molar-refractivity contribution in [2.75, 3.05) is 5.32 Å². The van der Waals surface area contributed by atoms with E-state index in [2.05, 4.69) is 10.3 Å². The highest BCUT2D eigenvalue weighted by molar-refractivity contribution is 6.04. The van der Waals surface area contributed by atoms with E-state index in [-0.39, 0.29) is 12.0 Å². The Bertz CT molecular complexity index is 1080. The van der Waals surface area contributed by atoms with Gasteiger partial charge < -0.3 is 14.5 Å². The Labute approximate surface area is 169 Å². The topological polar surface area (TPSA) is 64.4 Å². The predicted molar refractivity (Wildman–Crippen MR) is 113 cm³/mol. The Morgan fingerprint density at radius 3 is 2.41 bits per heavy atom. The maximum Gasteiger partial charge on any atom is 0.255 e. The summed E-state index contributed by atoms with van der Waals surface area (Å²) in [7, 11) is 0. The minimum Gasteiger partial charge on any atom is -0.491 e. The van der Waals surface area contributed by atoms with Gasteiger partial charge in [0.15, 0.2) is 11.5 Å². The lowest BCUT2D eigenvalue weighted by Crippen LogP contribution is -2.12. The number of carbonyl (C=O) groups is 1. The largest absolute Gasteiger partial charge is 0.491 e. The maximum absolute atomic E-state index is 12.4. The van der Waals surface area contributed by atoms with Crippen LogP contribution in [0, 0.1) is 0 Å². The summed E-state index contributed by atoms with van der Waals surface area (Å²) in [5.41, 5.74) is 4.02. The number of para-hydroxylation sites is 2. The number of aromatic nitrogens is 1. The Kier molecular flexibility index (Phi) is 5.29. The first-order valence-corrected chi connectivity index (χ1v) is 9.58. The van der Waals surface area contributed by atoms with E-state index in [0.717, 1.165) is 28.1 Å². The molecule has 0 aliphatic rings. The number of ether oxygens (including phenoxy) is 1. The van der Waals surface area contributed by atoms with Crippen LogP contribution in [0.15, 0.2) is 77.2 Å². The van der Waals surface area contributed by atoms with E-state index in [1.807, 2.05) is 62.4 Å². The molecule has 0 radical (unpaired) electrons. The van der Waals surface area contributed by atoms with Gasteiger partial charge in [-0.1, -0.05) is 24.3 Å². The van der Waals surface area contributed by atoms with E-state index in [9.17, 15) is 4.79 Å². The van der Waals surface area contributed by atoms with Crippen molar-refractivity contribution >= 4 is 22.7 Å². The van der Waals surface area contributed by atoms with Crippen molar-refractivity contribution in [2.24, 2.45) is 0 Å². The maximum atomic E-state index is 12.4. The molecule has 1 aromatic heterocycles. The van der Waals surface area contributed by atoms with Crippen molar-refractivity contribution in [1.82, 2.24) is 4.98 Å². The van der Waals surface area contributed by atoms with E-state index in [1.165, 1.54) is 0 Å². The molecule has 0 spiro atoms. The molecule has 5 nitrogen and oxygen atoms in total. The molecule has 1 N–H and O–H groups in total. The lowest BCUT2D eigenvalue weighted by molar-refractivity contribution is 0.102. The number of amides is 1. The summed E-state index contributed by atoms with van der Waals surface area (Å²) < 4.78 is 11.4. The zero-order valence-corrected chi connectivity index (χ0v) is 16.4. The zero-order valence-electron chi connectivity index (χ0n) is 16.4.